The summed E-state index contributed by atoms with van der Waals surface area (Å²) in [4.78, 5) is 12.0. The van der Waals surface area contributed by atoms with Crippen LogP contribution in [0.4, 0.5) is 0 Å². The molecule has 2 rings (SSSR count). The molecule has 1 aromatic carbocycles. The first kappa shape index (κ1) is 11.2. The number of hydrogen-bond acceptors (Lipinski definition) is 1. The Morgan fingerprint density at radius 1 is 1.25 bits per heavy atom. The fourth-order valence-corrected chi connectivity index (χ4v) is 2.33. The van der Waals surface area contributed by atoms with Crippen LogP contribution in [-0.4, -0.2) is 11.9 Å². The summed E-state index contributed by atoms with van der Waals surface area (Å²) in [6.07, 6.45) is 4.64. The molecule has 1 amide bonds. The molecule has 0 unspecified atom stereocenters. The van der Waals surface area contributed by atoms with E-state index in [0.717, 1.165) is 18.4 Å². The van der Waals surface area contributed by atoms with Crippen molar-refractivity contribution < 1.29 is 4.79 Å². The Labute approximate surface area is 97.1 Å². The molecule has 1 N–H and O–H groups in total. The second-order valence-electron chi connectivity index (χ2n) is 4.78. The van der Waals surface area contributed by atoms with E-state index in [1.54, 1.807) is 0 Å². The van der Waals surface area contributed by atoms with E-state index in [0.29, 0.717) is 0 Å². The van der Waals surface area contributed by atoms with Gasteiger partial charge in [0.05, 0.1) is 0 Å². The molecule has 16 heavy (non-hydrogen) atoms. The largest absolute Gasteiger partial charge is 0.350 e. The summed E-state index contributed by atoms with van der Waals surface area (Å²) < 4.78 is 0. The lowest BCUT2D eigenvalue weighted by atomic mass is 9.88. The number of nitrogens with one attached hydrogen (secondary N) is 1. The molecule has 86 valence electrons. The van der Waals surface area contributed by atoms with Gasteiger partial charge in [0.2, 0.25) is 0 Å². The van der Waals surface area contributed by atoms with Gasteiger partial charge in [-0.1, -0.05) is 12.1 Å². The van der Waals surface area contributed by atoms with Gasteiger partial charge in [0.15, 0.2) is 0 Å². The maximum absolute atomic E-state index is 12.0. The van der Waals surface area contributed by atoms with Crippen molar-refractivity contribution in [3.63, 3.8) is 0 Å². The van der Waals surface area contributed by atoms with Crippen LogP contribution >= 0.6 is 0 Å². The molecule has 0 heterocycles. The van der Waals surface area contributed by atoms with Crippen LogP contribution in [0.25, 0.3) is 0 Å². The van der Waals surface area contributed by atoms with Gasteiger partial charge in [0.1, 0.15) is 0 Å². The predicted molar refractivity (Wildman–Crippen MR) is 65.7 cm³/mol. The average Bonchev–Trinajstić information content (AvgIpc) is 2.27. The predicted octanol–water partition coefficient (Wildman–Crippen LogP) is 2.70. The SMILES string of the molecule is CC(C)NC(=O)c1cccc2c1CCCC2. The van der Waals surface area contributed by atoms with Gasteiger partial charge in [-0.25, -0.2) is 0 Å². The first-order chi connectivity index (χ1) is 7.68. The average molecular weight is 217 g/mol. The number of benzene rings is 1. The fourth-order valence-electron chi connectivity index (χ4n) is 2.33. The zero-order chi connectivity index (χ0) is 11.5. The molecular weight excluding hydrogens is 198 g/mol. The normalized spacial score (nSPS) is 14.7. The van der Waals surface area contributed by atoms with Crippen molar-refractivity contribution in [3.05, 3.63) is 34.9 Å². The monoisotopic (exact) mass is 217 g/mol. The molecule has 0 spiro atoms. The molecule has 0 atom stereocenters. The van der Waals surface area contributed by atoms with E-state index in [9.17, 15) is 4.79 Å². The summed E-state index contributed by atoms with van der Waals surface area (Å²) in [7, 11) is 0. The molecule has 1 aliphatic carbocycles. The lowest BCUT2D eigenvalue weighted by Gasteiger charge is -2.19. The molecule has 1 aliphatic rings. The van der Waals surface area contributed by atoms with Gasteiger partial charge in [0.25, 0.3) is 5.91 Å². The van der Waals surface area contributed by atoms with Crippen LogP contribution in [0.2, 0.25) is 0 Å². The minimum Gasteiger partial charge on any atom is -0.350 e. The van der Waals surface area contributed by atoms with Gasteiger partial charge < -0.3 is 5.32 Å². The van der Waals surface area contributed by atoms with Crippen molar-refractivity contribution in [2.45, 2.75) is 45.6 Å². The van der Waals surface area contributed by atoms with Crippen LogP contribution < -0.4 is 5.32 Å². The summed E-state index contributed by atoms with van der Waals surface area (Å²) in [5, 5.41) is 2.97. The van der Waals surface area contributed by atoms with E-state index in [2.05, 4.69) is 11.4 Å². The van der Waals surface area contributed by atoms with Crippen LogP contribution in [0.15, 0.2) is 18.2 Å². The van der Waals surface area contributed by atoms with E-state index >= 15 is 0 Å². The zero-order valence-electron chi connectivity index (χ0n) is 10.0. The summed E-state index contributed by atoms with van der Waals surface area (Å²) in [6, 6.07) is 6.30. The molecule has 0 saturated carbocycles. The Balaban J connectivity index is 2.30. The van der Waals surface area contributed by atoms with Crippen molar-refractivity contribution in [2.75, 3.05) is 0 Å². The van der Waals surface area contributed by atoms with Crippen molar-refractivity contribution in [1.29, 1.82) is 0 Å². The Kier molecular flexibility index (Phi) is 3.28. The molecule has 2 heteroatoms. The smallest absolute Gasteiger partial charge is 0.251 e. The molecule has 0 saturated heterocycles. The third-order valence-corrected chi connectivity index (χ3v) is 3.06. The maximum atomic E-state index is 12.0. The second-order valence-corrected chi connectivity index (χ2v) is 4.78. The van der Waals surface area contributed by atoms with Crippen LogP contribution in [0.1, 0.15) is 48.2 Å². The minimum absolute atomic E-state index is 0.0775. The van der Waals surface area contributed by atoms with Gasteiger partial charge in [-0.2, -0.15) is 0 Å². The maximum Gasteiger partial charge on any atom is 0.251 e. The van der Waals surface area contributed by atoms with Crippen LogP contribution in [0.5, 0.6) is 0 Å². The van der Waals surface area contributed by atoms with Crippen LogP contribution in [0.3, 0.4) is 0 Å². The highest BCUT2D eigenvalue weighted by atomic mass is 16.1. The first-order valence-corrected chi connectivity index (χ1v) is 6.10. The number of amides is 1. The summed E-state index contributed by atoms with van der Waals surface area (Å²) in [5.41, 5.74) is 3.51. The molecular formula is C14H19NO. The fraction of sp³-hybridized carbons (Fsp3) is 0.500. The number of carbonyl (C=O) groups excluding carboxylic acids is 1. The zero-order valence-corrected chi connectivity index (χ0v) is 10.0. The van der Waals surface area contributed by atoms with E-state index < -0.39 is 0 Å². The van der Waals surface area contributed by atoms with Crippen molar-refractivity contribution >= 4 is 5.91 Å². The highest BCUT2D eigenvalue weighted by molar-refractivity contribution is 5.96. The molecule has 2 nitrogen and oxygen atoms in total. The van der Waals surface area contributed by atoms with E-state index in [4.69, 9.17) is 0 Å². The Morgan fingerprint density at radius 2 is 2.00 bits per heavy atom. The number of aryl methyl sites for hydroxylation is 1. The second kappa shape index (κ2) is 4.69. The topological polar surface area (TPSA) is 29.1 Å². The van der Waals surface area contributed by atoms with Crippen molar-refractivity contribution in [3.8, 4) is 0 Å². The van der Waals surface area contributed by atoms with E-state index in [1.807, 2.05) is 26.0 Å². The van der Waals surface area contributed by atoms with Crippen LogP contribution in [-0.2, 0) is 12.8 Å². The standard InChI is InChI=1S/C14H19NO/c1-10(2)15-14(16)13-9-5-7-11-6-3-4-8-12(11)13/h5,7,9-10H,3-4,6,8H2,1-2H3,(H,15,16). The van der Waals surface area contributed by atoms with Gasteiger partial charge >= 0.3 is 0 Å². The highest BCUT2D eigenvalue weighted by Crippen LogP contribution is 2.24. The molecule has 0 bridgehead atoms. The number of carbonyl (C=O) groups is 1. The van der Waals surface area contributed by atoms with E-state index in [1.165, 1.54) is 24.0 Å². The van der Waals surface area contributed by atoms with Gasteiger partial charge in [-0.05, 0) is 56.7 Å². The summed E-state index contributed by atoms with van der Waals surface area (Å²) in [5.74, 6) is 0.0775. The van der Waals surface area contributed by atoms with Gasteiger partial charge in [-0.15, -0.1) is 0 Å². The van der Waals surface area contributed by atoms with E-state index in [-0.39, 0.29) is 11.9 Å². The number of fused-ring (bicyclic) bond motifs is 1. The Hall–Kier alpha value is -1.31. The van der Waals surface area contributed by atoms with Gasteiger partial charge in [0, 0.05) is 11.6 Å². The molecule has 0 radical (unpaired) electrons. The van der Waals surface area contributed by atoms with Crippen LogP contribution in [0, 0.1) is 0 Å². The quantitative estimate of drug-likeness (QED) is 0.810. The van der Waals surface area contributed by atoms with Crippen molar-refractivity contribution in [1.82, 2.24) is 5.32 Å². The first-order valence-electron chi connectivity index (χ1n) is 6.10. The number of rotatable bonds is 2. The molecule has 0 aromatic heterocycles. The summed E-state index contributed by atoms with van der Waals surface area (Å²) in [6.45, 7) is 3.99. The van der Waals surface area contributed by atoms with Crippen molar-refractivity contribution in [2.24, 2.45) is 0 Å². The Bertz CT molecular complexity index is 396. The lowest BCUT2D eigenvalue weighted by Crippen LogP contribution is -2.31. The number of hydrogen-bond donors (Lipinski definition) is 1. The highest BCUT2D eigenvalue weighted by Gasteiger charge is 2.17. The summed E-state index contributed by atoms with van der Waals surface area (Å²) >= 11 is 0. The molecule has 1 aromatic rings. The Morgan fingerprint density at radius 3 is 2.75 bits per heavy atom. The van der Waals surface area contributed by atoms with Gasteiger partial charge in [-0.3, -0.25) is 4.79 Å². The minimum atomic E-state index is 0.0775. The third kappa shape index (κ3) is 2.26. The lowest BCUT2D eigenvalue weighted by molar-refractivity contribution is 0.0942. The molecule has 0 aliphatic heterocycles. The third-order valence-electron chi connectivity index (χ3n) is 3.06. The molecule has 0 fully saturated rings.